The van der Waals surface area contributed by atoms with Crippen molar-refractivity contribution in [1.82, 2.24) is 4.90 Å². The highest BCUT2D eigenvalue weighted by molar-refractivity contribution is 5.28. The lowest BCUT2D eigenvalue weighted by Gasteiger charge is -2.38. The van der Waals surface area contributed by atoms with Crippen LogP contribution in [-0.4, -0.2) is 43.9 Å². The summed E-state index contributed by atoms with van der Waals surface area (Å²) >= 11 is 0. The van der Waals surface area contributed by atoms with Gasteiger partial charge in [-0.05, 0) is 37.5 Å². The zero-order valence-electron chi connectivity index (χ0n) is 12.5. The molecule has 0 radical (unpaired) electrons. The van der Waals surface area contributed by atoms with E-state index in [4.69, 9.17) is 15.2 Å². The van der Waals surface area contributed by atoms with E-state index in [0.717, 1.165) is 31.7 Å². The summed E-state index contributed by atoms with van der Waals surface area (Å²) in [7, 11) is 1.79. The first kappa shape index (κ1) is 15.3. The summed E-state index contributed by atoms with van der Waals surface area (Å²) in [4.78, 5) is 2.46. The molecular weight excluding hydrogens is 252 g/mol. The van der Waals surface area contributed by atoms with Crippen LogP contribution in [-0.2, 0) is 11.3 Å². The van der Waals surface area contributed by atoms with Crippen LogP contribution in [0.5, 0.6) is 5.75 Å². The van der Waals surface area contributed by atoms with Gasteiger partial charge in [0.25, 0.3) is 0 Å². The fourth-order valence-electron chi connectivity index (χ4n) is 2.87. The molecule has 2 rings (SSSR count). The molecule has 112 valence electrons. The van der Waals surface area contributed by atoms with Gasteiger partial charge >= 0.3 is 0 Å². The van der Waals surface area contributed by atoms with Crippen LogP contribution in [0.3, 0.4) is 0 Å². The summed E-state index contributed by atoms with van der Waals surface area (Å²) < 4.78 is 11.0. The first-order valence-electron chi connectivity index (χ1n) is 7.45. The quantitative estimate of drug-likeness (QED) is 0.865. The normalized spacial score (nSPS) is 23.8. The molecule has 0 amide bonds. The largest absolute Gasteiger partial charge is 0.494 e. The van der Waals surface area contributed by atoms with Gasteiger partial charge in [-0.1, -0.05) is 12.1 Å². The predicted molar refractivity (Wildman–Crippen MR) is 80.9 cm³/mol. The molecule has 1 aromatic carbocycles. The van der Waals surface area contributed by atoms with E-state index in [2.05, 4.69) is 23.1 Å². The maximum Gasteiger partial charge on any atom is 0.119 e. The van der Waals surface area contributed by atoms with Crippen LogP contribution in [0.2, 0.25) is 0 Å². The molecule has 1 saturated heterocycles. The van der Waals surface area contributed by atoms with Crippen LogP contribution in [0, 0.1) is 0 Å². The minimum atomic E-state index is 0.356. The first-order chi connectivity index (χ1) is 9.76. The molecule has 1 aliphatic heterocycles. The van der Waals surface area contributed by atoms with E-state index in [0.29, 0.717) is 25.3 Å². The molecule has 2 atom stereocenters. The number of nitrogens with two attached hydrogens (primary N) is 1. The van der Waals surface area contributed by atoms with Gasteiger partial charge in [-0.25, -0.2) is 0 Å². The maximum absolute atomic E-state index is 5.92. The lowest BCUT2D eigenvalue weighted by Crippen LogP contribution is -2.47. The van der Waals surface area contributed by atoms with Crippen molar-refractivity contribution in [3.8, 4) is 5.75 Å². The average molecular weight is 278 g/mol. The Morgan fingerprint density at radius 3 is 2.95 bits per heavy atom. The van der Waals surface area contributed by atoms with Gasteiger partial charge in [0.2, 0.25) is 0 Å². The molecule has 0 bridgehead atoms. The van der Waals surface area contributed by atoms with Crippen molar-refractivity contribution in [3.05, 3.63) is 29.8 Å². The third-order valence-electron chi connectivity index (χ3n) is 3.99. The van der Waals surface area contributed by atoms with Gasteiger partial charge in [-0.15, -0.1) is 0 Å². The Bertz CT molecular complexity index is 411. The number of ether oxygens (including phenoxy) is 2. The monoisotopic (exact) mass is 278 g/mol. The van der Waals surface area contributed by atoms with Gasteiger partial charge in [0.15, 0.2) is 0 Å². The van der Waals surface area contributed by atoms with Crippen molar-refractivity contribution in [2.75, 3.05) is 26.8 Å². The van der Waals surface area contributed by atoms with Gasteiger partial charge < -0.3 is 15.2 Å². The molecule has 1 aromatic rings. The SMILES string of the molecule is CCOc1cccc(CN2CCC(OC)CC2CN)c1. The highest BCUT2D eigenvalue weighted by Gasteiger charge is 2.27. The molecule has 2 unspecified atom stereocenters. The molecule has 20 heavy (non-hydrogen) atoms. The Labute approximate surface area is 121 Å². The number of hydrogen-bond acceptors (Lipinski definition) is 4. The molecule has 4 heteroatoms. The summed E-state index contributed by atoms with van der Waals surface area (Å²) in [6.07, 6.45) is 2.46. The summed E-state index contributed by atoms with van der Waals surface area (Å²) in [5, 5.41) is 0. The number of piperidine rings is 1. The summed E-state index contributed by atoms with van der Waals surface area (Å²) in [5.41, 5.74) is 7.20. The summed E-state index contributed by atoms with van der Waals surface area (Å²) in [6.45, 7) is 5.37. The lowest BCUT2D eigenvalue weighted by atomic mass is 9.98. The van der Waals surface area contributed by atoms with Crippen LogP contribution in [0.1, 0.15) is 25.3 Å². The van der Waals surface area contributed by atoms with E-state index in [1.165, 1.54) is 5.56 Å². The molecule has 0 spiro atoms. The lowest BCUT2D eigenvalue weighted by molar-refractivity contribution is 0.0102. The van der Waals surface area contributed by atoms with E-state index < -0.39 is 0 Å². The van der Waals surface area contributed by atoms with Crippen LogP contribution in [0.4, 0.5) is 0 Å². The topological polar surface area (TPSA) is 47.7 Å². The minimum Gasteiger partial charge on any atom is -0.494 e. The van der Waals surface area contributed by atoms with E-state index >= 15 is 0 Å². The predicted octanol–water partition coefficient (Wildman–Crippen LogP) is 2.02. The first-order valence-corrected chi connectivity index (χ1v) is 7.45. The molecular formula is C16H26N2O2. The van der Waals surface area contributed by atoms with Crippen LogP contribution >= 0.6 is 0 Å². The van der Waals surface area contributed by atoms with Gasteiger partial charge in [0.1, 0.15) is 5.75 Å². The fourth-order valence-corrected chi connectivity index (χ4v) is 2.87. The highest BCUT2D eigenvalue weighted by Crippen LogP contribution is 2.22. The van der Waals surface area contributed by atoms with E-state index in [9.17, 15) is 0 Å². The second kappa shape index (κ2) is 7.62. The van der Waals surface area contributed by atoms with Gasteiger partial charge in [-0.2, -0.15) is 0 Å². The Morgan fingerprint density at radius 1 is 1.40 bits per heavy atom. The molecule has 1 heterocycles. The van der Waals surface area contributed by atoms with Crippen LogP contribution < -0.4 is 10.5 Å². The molecule has 0 saturated carbocycles. The average Bonchev–Trinajstić information content (AvgIpc) is 2.48. The molecule has 1 fully saturated rings. The molecule has 2 N–H and O–H groups in total. The maximum atomic E-state index is 5.92. The van der Waals surface area contributed by atoms with Crippen molar-refractivity contribution < 1.29 is 9.47 Å². The van der Waals surface area contributed by atoms with Crippen molar-refractivity contribution in [2.24, 2.45) is 5.73 Å². The van der Waals surface area contributed by atoms with Crippen LogP contribution in [0.25, 0.3) is 0 Å². The minimum absolute atomic E-state index is 0.356. The Balaban J connectivity index is 1.99. The molecule has 0 aromatic heterocycles. The standard InChI is InChI=1S/C16H26N2O2/c1-3-20-16-6-4-5-13(9-16)12-18-8-7-15(19-2)10-14(18)11-17/h4-6,9,14-15H,3,7-8,10-12,17H2,1-2H3. The number of benzene rings is 1. The second-order valence-electron chi connectivity index (χ2n) is 5.32. The van der Waals surface area contributed by atoms with Gasteiger partial charge in [0, 0.05) is 32.8 Å². The second-order valence-corrected chi connectivity index (χ2v) is 5.32. The van der Waals surface area contributed by atoms with Gasteiger partial charge in [0.05, 0.1) is 12.7 Å². The van der Waals surface area contributed by atoms with E-state index in [1.54, 1.807) is 7.11 Å². The molecule has 4 nitrogen and oxygen atoms in total. The van der Waals surface area contributed by atoms with E-state index in [1.807, 2.05) is 13.0 Å². The summed E-state index contributed by atoms with van der Waals surface area (Å²) in [5.74, 6) is 0.945. The third-order valence-corrected chi connectivity index (χ3v) is 3.99. The molecule has 1 aliphatic rings. The fraction of sp³-hybridized carbons (Fsp3) is 0.625. The van der Waals surface area contributed by atoms with Crippen molar-refractivity contribution >= 4 is 0 Å². The highest BCUT2D eigenvalue weighted by atomic mass is 16.5. The van der Waals surface area contributed by atoms with Crippen molar-refractivity contribution in [3.63, 3.8) is 0 Å². The van der Waals surface area contributed by atoms with E-state index in [-0.39, 0.29) is 0 Å². The summed E-state index contributed by atoms with van der Waals surface area (Å²) in [6, 6.07) is 8.74. The molecule has 0 aliphatic carbocycles. The zero-order valence-corrected chi connectivity index (χ0v) is 12.5. The number of likely N-dealkylation sites (tertiary alicyclic amines) is 1. The van der Waals surface area contributed by atoms with Crippen molar-refractivity contribution in [1.29, 1.82) is 0 Å². The Morgan fingerprint density at radius 2 is 2.25 bits per heavy atom. The Kier molecular flexibility index (Phi) is 5.83. The van der Waals surface area contributed by atoms with Gasteiger partial charge in [-0.3, -0.25) is 4.90 Å². The number of methoxy groups -OCH3 is 1. The van der Waals surface area contributed by atoms with Crippen molar-refractivity contribution in [2.45, 2.75) is 38.5 Å². The smallest absolute Gasteiger partial charge is 0.119 e. The number of hydrogen-bond donors (Lipinski definition) is 1. The third kappa shape index (κ3) is 3.95. The Hall–Kier alpha value is -1.10. The zero-order chi connectivity index (χ0) is 14.4. The number of nitrogens with zero attached hydrogens (tertiary/aromatic N) is 1. The van der Waals surface area contributed by atoms with Crippen LogP contribution in [0.15, 0.2) is 24.3 Å². The number of rotatable bonds is 6.